The van der Waals surface area contributed by atoms with Crippen LogP contribution in [0, 0.1) is 0 Å². The molecular weight excluding hydrogens is 733 g/mol. The molecule has 0 amide bonds. The summed E-state index contributed by atoms with van der Waals surface area (Å²) in [5, 5.41) is 4.22. The van der Waals surface area contributed by atoms with Crippen LogP contribution < -0.4 is 0 Å². The molecule has 0 unspecified atom stereocenters. The van der Waals surface area contributed by atoms with Crippen molar-refractivity contribution in [2.45, 2.75) is 0 Å². The van der Waals surface area contributed by atoms with Crippen molar-refractivity contribution in [3.63, 3.8) is 0 Å². The Hall–Kier alpha value is -8.15. The van der Waals surface area contributed by atoms with Crippen molar-refractivity contribution in [3.8, 4) is 62.1 Å². The number of hydrogen-bond donors (Lipinski definition) is 0. The van der Waals surface area contributed by atoms with E-state index in [1.165, 1.54) is 12.1 Å². The van der Waals surface area contributed by atoms with Gasteiger partial charge in [0.2, 0.25) is 0 Å². The number of furan rings is 1. The molecule has 0 atom stereocenters. The van der Waals surface area contributed by atoms with Crippen LogP contribution in [0.2, 0.25) is 0 Å². The molecule has 0 spiro atoms. The molecule has 3 aromatic heterocycles. The third-order valence-electron chi connectivity index (χ3n) is 11.2. The molecule has 5 heteroatoms. The first-order chi connectivity index (χ1) is 32.2. The number of aromatic nitrogens is 4. The molecule has 5 nitrogen and oxygen atoms in total. The van der Waals surface area contributed by atoms with E-state index < -0.39 is 0 Å². The predicted molar refractivity (Wildman–Crippen MR) is 246 cm³/mol. The number of para-hydroxylation sites is 4. The van der Waals surface area contributed by atoms with Gasteiger partial charge in [-0.1, -0.05) is 164 Å². The maximum absolute atomic E-state index is 9.30. The highest BCUT2D eigenvalue weighted by atomic mass is 16.3. The second-order valence-corrected chi connectivity index (χ2v) is 14.7. The summed E-state index contributed by atoms with van der Waals surface area (Å²) < 4.78 is 62.5. The summed E-state index contributed by atoms with van der Waals surface area (Å²) in [5.74, 6) is 1.55. The lowest BCUT2D eigenvalue weighted by atomic mass is 9.91. The summed E-state index contributed by atoms with van der Waals surface area (Å²) in [6, 6.07) is 53.9. The fourth-order valence-electron chi connectivity index (χ4n) is 8.42. The third kappa shape index (κ3) is 5.52. The first-order valence-electron chi connectivity index (χ1n) is 22.7. The molecule has 0 saturated heterocycles. The average Bonchev–Trinajstić information content (AvgIpc) is 3.93. The molecule has 280 valence electrons. The summed E-state index contributed by atoms with van der Waals surface area (Å²) in [4.78, 5) is 15.3. The largest absolute Gasteiger partial charge is 0.455 e. The molecule has 0 aliphatic carbocycles. The van der Waals surface area contributed by atoms with Crippen molar-refractivity contribution in [1.29, 1.82) is 0 Å². The van der Waals surface area contributed by atoms with E-state index in [1.54, 1.807) is 4.57 Å². The van der Waals surface area contributed by atoms with E-state index in [-0.39, 0.29) is 58.1 Å². The monoisotopic (exact) mass is 772 g/mol. The fourth-order valence-corrected chi connectivity index (χ4v) is 8.42. The van der Waals surface area contributed by atoms with Gasteiger partial charge >= 0.3 is 0 Å². The van der Waals surface area contributed by atoms with E-state index in [0.29, 0.717) is 34.3 Å². The second-order valence-electron chi connectivity index (χ2n) is 14.7. The molecule has 0 aliphatic heterocycles. The van der Waals surface area contributed by atoms with Crippen LogP contribution in [0.15, 0.2) is 211 Å². The molecule has 12 rings (SSSR count). The van der Waals surface area contributed by atoms with Crippen LogP contribution in [-0.4, -0.2) is 19.5 Å². The normalized spacial score (nSPS) is 13.1. The Kier molecular flexibility index (Phi) is 6.48. The maximum atomic E-state index is 9.30. The van der Waals surface area contributed by atoms with Crippen LogP contribution in [0.25, 0.3) is 117 Å². The van der Waals surface area contributed by atoms with Crippen LogP contribution in [0.3, 0.4) is 0 Å². The van der Waals surface area contributed by atoms with Gasteiger partial charge in [-0.25, -0.2) is 15.0 Å². The summed E-state index contributed by atoms with van der Waals surface area (Å²) in [6.07, 6.45) is 0. The van der Waals surface area contributed by atoms with Gasteiger partial charge in [-0.15, -0.1) is 0 Å². The van der Waals surface area contributed by atoms with Crippen LogP contribution in [0.5, 0.6) is 0 Å². The lowest BCUT2D eigenvalue weighted by molar-refractivity contribution is 0.670. The van der Waals surface area contributed by atoms with Crippen LogP contribution >= 0.6 is 0 Å². The van der Waals surface area contributed by atoms with Gasteiger partial charge in [-0.05, 0) is 64.3 Å². The van der Waals surface area contributed by atoms with Gasteiger partial charge in [0.1, 0.15) is 11.2 Å². The Labute approximate surface area is 353 Å². The molecule has 12 aromatic rings. The first kappa shape index (κ1) is 28.3. The highest BCUT2D eigenvalue weighted by molar-refractivity contribution is 6.13. The minimum atomic E-state index is -0.177. The molecule has 0 N–H and O–H groups in total. The van der Waals surface area contributed by atoms with Gasteiger partial charge in [0.15, 0.2) is 17.5 Å². The minimum Gasteiger partial charge on any atom is -0.455 e. The van der Waals surface area contributed by atoms with E-state index >= 15 is 0 Å². The van der Waals surface area contributed by atoms with E-state index in [9.17, 15) is 2.74 Å². The number of fused-ring (bicyclic) bond motifs is 7. The predicted octanol–water partition coefficient (Wildman–Crippen LogP) is 14.4. The number of hydrogen-bond acceptors (Lipinski definition) is 4. The van der Waals surface area contributed by atoms with Crippen LogP contribution in [-0.2, 0) is 0 Å². The standard InChI is InChI=1S/C55H34N4O/c1-3-16-35(17-4-1)53-56-54(36-18-5-2-6-19-36)58-55(57-53)47-33-38-21-8-7-20-37(38)32-45(47)39-30-31-50(59-48-27-12-9-22-40(48)41-23-10-13-28-49(41)59)46(34-39)44-26-15-25-43-42-24-11-14-29-51(42)60-52(43)44/h1-34H/i9D,10D,22D,23D,27D,28D. The SMILES string of the molecule is [2H]c1cc([2H])c2c(c1[2H])c1c([2H])c([2H])cc([2H])c1n2-c1ccc(-c2cc3ccccc3cc2-c2nc(-c3ccccc3)nc(-c3ccccc3)n2)cc1-c1cccc2c1oc1ccccc12. The smallest absolute Gasteiger partial charge is 0.164 e. The molecule has 60 heavy (non-hydrogen) atoms. The third-order valence-corrected chi connectivity index (χ3v) is 11.2. The molecule has 9 aromatic carbocycles. The van der Waals surface area contributed by atoms with Crippen molar-refractivity contribution < 1.29 is 12.6 Å². The second kappa shape index (κ2) is 13.8. The summed E-state index contributed by atoms with van der Waals surface area (Å²) in [7, 11) is 0. The lowest BCUT2D eigenvalue weighted by Crippen LogP contribution is -2.02. The summed E-state index contributed by atoms with van der Waals surface area (Å²) >= 11 is 0. The number of rotatable bonds is 6. The maximum Gasteiger partial charge on any atom is 0.164 e. The van der Waals surface area contributed by atoms with Gasteiger partial charge in [-0.2, -0.15) is 0 Å². The van der Waals surface area contributed by atoms with E-state index in [1.807, 2.05) is 127 Å². The molecule has 0 aliphatic rings. The fraction of sp³-hybridized carbons (Fsp3) is 0. The molecule has 0 saturated carbocycles. The van der Waals surface area contributed by atoms with Gasteiger partial charge in [-0.3, -0.25) is 0 Å². The van der Waals surface area contributed by atoms with E-state index in [0.717, 1.165) is 60.5 Å². The average molecular weight is 773 g/mol. The summed E-state index contributed by atoms with van der Waals surface area (Å²) in [5.41, 5.74) is 7.98. The van der Waals surface area contributed by atoms with Gasteiger partial charge in [0, 0.05) is 49.4 Å². The highest BCUT2D eigenvalue weighted by Crippen LogP contribution is 2.44. The van der Waals surface area contributed by atoms with E-state index in [2.05, 4.69) is 30.3 Å². The molecule has 0 bridgehead atoms. The Balaban J connectivity index is 1.20. The Morgan fingerprint density at radius 3 is 1.67 bits per heavy atom. The highest BCUT2D eigenvalue weighted by Gasteiger charge is 2.22. The zero-order valence-corrected chi connectivity index (χ0v) is 31.9. The van der Waals surface area contributed by atoms with Crippen molar-refractivity contribution in [3.05, 3.63) is 206 Å². The zero-order valence-electron chi connectivity index (χ0n) is 37.9. The Bertz CT molecular complexity index is 3830. The van der Waals surface area contributed by atoms with Crippen molar-refractivity contribution in [2.75, 3.05) is 0 Å². The molecule has 0 radical (unpaired) electrons. The van der Waals surface area contributed by atoms with Crippen LogP contribution in [0.1, 0.15) is 8.22 Å². The van der Waals surface area contributed by atoms with Crippen molar-refractivity contribution in [1.82, 2.24) is 19.5 Å². The quantitative estimate of drug-likeness (QED) is 0.169. The topological polar surface area (TPSA) is 56.7 Å². The van der Waals surface area contributed by atoms with Crippen LogP contribution in [0.4, 0.5) is 0 Å². The van der Waals surface area contributed by atoms with Gasteiger partial charge < -0.3 is 8.98 Å². The molecule has 0 fully saturated rings. The van der Waals surface area contributed by atoms with Crippen molar-refractivity contribution >= 4 is 54.5 Å². The van der Waals surface area contributed by atoms with Gasteiger partial charge in [0.05, 0.1) is 24.9 Å². The summed E-state index contributed by atoms with van der Waals surface area (Å²) in [6.45, 7) is 0. The van der Waals surface area contributed by atoms with Gasteiger partial charge in [0.25, 0.3) is 0 Å². The molecular formula is C55H34N4O. The lowest BCUT2D eigenvalue weighted by Gasteiger charge is -2.18. The minimum absolute atomic E-state index is 0.0420. The van der Waals surface area contributed by atoms with E-state index in [4.69, 9.17) is 24.9 Å². The number of nitrogens with zero attached hydrogens (tertiary/aromatic N) is 4. The Morgan fingerprint density at radius 2 is 0.983 bits per heavy atom. The zero-order chi connectivity index (χ0) is 44.8. The molecule has 3 heterocycles. The first-order valence-corrected chi connectivity index (χ1v) is 19.7. The Morgan fingerprint density at radius 1 is 0.400 bits per heavy atom. The number of benzene rings is 9. The van der Waals surface area contributed by atoms with Crippen molar-refractivity contribution in [2.24, 2.45) is 0 Å².